The van der Waals surface area contributed by atoms with Crippen LogP contribution in [0.5, 0.6) is 11.5 Å². The Morgan fingerprint density at radius 1 is 0.870 bits per heavy atom. The molecule has 0 radical (unpaired) electrons. The van der Waals surface area contributed by atoms with E-state index in [-0.39, 0.29) is 0 Å². The predicted octanol–water partition coefficient (Wildman–Crippen LogP) is 3.89. The van der Waals surface area contributed by atoms with E-state index in [4.69, 9.17) is 4.74 Å². The van der Waals surface area contributed by atoms with Crippen LogP contribution in [0.1, 0.15) is 5.56 Å². The average molecular weight is 302 g/mol. The van der Waals surface area contributed by atoms with Gasteiger partial charge >= 0.3 is 0 Å². The van der Waals surface area contributed by atoms with Crippen molar-refractivity contribution in [3.05, 3.63) is 72.4 Å². The van der Waals surface area contributed by atoms with Crippen molar-refractivity contribution in [2.24, 2.45) is 0 Å². The molecule has 0 bridgehead atoms. The van der Waals surface area contributed by atoms with Crippen LogP contribution in [0.2, 0.25) is 0 Å². The van der Waals surface area contributed by atoms with Crippen molar-refractivity contribution in [2.45, 2.75) is 6.92 Å². The van der Waals surface area contributed by atoms with E-state index in [1.807, 2.05) is 67.6 Å². The molecule has 0 atom stereocenters. The predicted molar refractivity (Wildman–Crippen MR) is 87.5 cm³/mol. The molecule has 4 aromatic rings. The maximum atomic E-state index is 5.87. The number of ether oxygens (including phenoxy) is 1. The second kappa shape index (κ2) is 5.53. The van der Waals surface area contributed by atoms with Gasteiger partial charge in [0, 0.05) is 11.8 Å². The topological polar surface area (TPSA) is 52.3 Å². The van der Waals surface area contributed by atoms with Gasteiger partial charge in [-0.2, -0.15) is 9.61 Å². The van der Waals surface area contributed by atoms with Crippen LogP contribution in [0.25, 0.3) is 17.0 Å². The maximum absolute atomic E-state index is 5.87. The number of hydrogen-bond donors (Lipinski definition) is 0. The van der Waals surface area contributed by atoms with Crippen LogP contribution in [0, 0.1) is 6.92 Å². The summed E-state index contributed by atoms with van der Waals surface area (Å²) in [4.78, 5) is 0. The van der Waals surface area contributed by atoms with Gasteiger partial charge in [-0.25, -0.2) is 0 Å². The summed E-state index contributed by atoms with van der Waals surface area (Å²) in [5, 5.41) is 12.8. The molecule has 4 rings (SSSR count). The van der Waals surface area contributed by atoms with Gasteiger partial charge in [0.15, 0.2) is 11.5 Å². The van der Waals surface area contributed by atoms with Gasteiger partial charge in [0.25, 0.3) is 0 Å². The van der Waals surface area contributed by atoms with Crippen molar-refractivity contribution in [1.82, 2.24) is 19.8 Å². The minimum atomic E-state index is 0.696. The molecular weight excluding hydrogens is 288 g/mol. The quantitative estimate of drug-likeness (QED) is 0.576. The first-order valence-electron chi connectivity index (χ1n) is 7.31. The summed E-state index contributed by atoms with van der Waals surface area (Å²) in [6, 6.07) is 19.4. The number of benzene rings is 2. The number of para-hydroxylation sites is 1. The molecule has 0 unspecified atom stereocenters. The molecule has 0 aliphatic heterocycles. The highest BCUT2D eigenvalue weighted by Crippen LogP contribution is 2.26. The van der Waals surface area contributed by atoms with Gasteiger partial charge in [0.1, 0.15) is 11.5 Å². The Labute approximate surface area is 133 Å². The van der Waals surface area contributed by atoms with E-state index in [1.54, 1.807) is 10.7 Å². The van der Waals surface area contributed by atoms with Crippen LogP contribution in [-0.4, -0.2) is 19.8 Å². The second-order valence-corrected chi connectivity index (χ2v) is 5.22. The highest BCUT2D eigenvalue weighted by atomic mass is 16.5. The van der Waals surface area contributed by atoms with E-state index in [0.717, 1.165) is 28.3 Å². The van der Waals surface area contributed by atoms with Crippen molar-refractivity contribution in [3.63, 3.8) is 0 Å². The van der Waals surface area contributed by atoms with Crippen molar-refractivity contribution >= 4 is 5.65 Å². The largest absolute Gasteiger partial charge is 0.457 e. The third kappa shape index (κ3) is 2.53. The Balaban J connectivity index is 1.74. The Morgan fingerprint density at radius 2 is 1.70 bits per heavy atom. The van der Waals surface area contributed by atoms with E-state index >= 15 is 0 Å². The van der Waals surface area contributed by atoms with Crippen molar-refractivity contribution in [3.8, 4) is 22.9 Å². The molecule has 0 saturated heterocycles. The summed E-state index contributed by atoms with van der Waals surface area (Å²) in [7, 11) is 0. The zero-order valence-electron chi connectivity index (χ0n) is 12.5. The van der Waals surface area contributed by atoms with Crippen molar-refractivity contribution < 1.29 is 4.74 Å². The molecule has 5 nitrogen and oxygen atoms in total. The summed E-state index contributed by atoms with van der Waals surface area (Å²) < 4.78 is 7.62. The van der Waals surface area contributed by atoms with Crippen LogP contribution in [-0.2, 0) is 0 Å². The Bertz CT molecular complexity index is 963. The maximum Gasteiger partial charge on any atom is 0.185 e. The lowest BCUT2D eigenvalue weighted by Gasteiger charge is -2.07. The fourth-order valence-corrected chi connectivity index (χ4v) is 2.42. The first-order valence-corrected chi connectivity index (χ1v) is 7.31. The van der Waals surface area contributed by atoms with Gasteiger partial charge in [0.2, 0.25) is 0 Å². The van der Waals surface area contributed by atoms with E-state index in [9.17, 15) is 0 Å². The fourth-order valence-electron chi connectivity index (χ4n) is 2.42. The fraction of sp³-hybridized carbons (Fsp3) is 0.0556. The molecule has 0 aliphatic carbocycles. The van der Waals surface area contributed by atoms with Gasteiger partial charge in [0.05, 0.1) is 0 Å². The molecule has 0 aliphatic rings. The van der Waals surface area contributed by atoms with Crippen LogP contribution in [0.15, 0.2) is 66.9 Å². The summed E-state index contributed by atoms with van der Waals surface area (Å²) in [6.07, 6.45) is 1.75. The number of rotatable bonds is 3. The molecule has 0 saturated carbocycles. The molecule has 2 heterocycles. The molecule has 0 N–H and O–H groups in total. The Morgan fingerprint density at radius 3 is 2.57 bits per heavy atom. The zero-order valence-corrected chi connectivity index (χ0v) is 12.5. The van der Waals surface area contributed by atoms with E-state index in [2.05, 4.69) is 15.3 Å². The second-order valence-electron chi connectivity index (χ2n) is 5.22. The van der Waals surface area contributed by atoms with Gasteiger partial charge in [-0.05, 0) is 42.8 Å². The normalized spacial score (nSPS) is 10.8. The van der Waals surface area contributed by atoms with Crippen LogP contribution in [0.4, 0.5) is 0 Å². The molecule has 0 fully saturated rings. The van der Waals surface area contributed by atoms with E-state index < -0.39 is 0 Å². The Hall–Kier alpha value is -3.21. The van der Waals surface area contributed by atoms with E-state index in [0.29, 0.717) is 5.82 Å². The van der Waals surface area contributed by atoms with Gasteiger partial charge in [-0.15, -0.1) is 10.2 Å². The number of nitrogens with zero attached hydrogens (tertiary/aromatic N) is 4. The van der Waals surface area contributed by atoms with Crippen molar-refractivity contribution in [1.29, 1.82) is 0 Å². The van der Waals surface area contributed by atoms with Crippen LogP contribution < -0.4 is 4.74 Å². The number of aryl methyl sites for hydroxylation is 1. The van der Waals surface area contributed by atoms with Crippen molar-refractivity contribution in [2.75, 3.05) is 0 Å². The van der Waals surface area contributed by atoms with Crippen LogP contribution in [0.3, 0.4) is 0 Å². The number of hydrogen-bond acceptors (Lipinski definition) is 4. The van der Waals surface area contributed by atoms with Crippen LogP contribution >= 0.6 is 0 Å². The molecule has 23 heavy (non-hydrogen) atoms. The third-order valence-corrected chi connectivity index (χ3v) is 3.57. The van der Waals surface area contributed by atoms with E-state index in [1.165, 1.54) is 0 Å². The zero-order chi connectivity index (χ0) is 15.6. The first-order chi connectivity index (χ1) is 11.3. The molecular formula is C18H14N4O. The summed E-state index contributed by atoms with van der Waals surface area (Å²) in [5.74, 6) is 2.24. The minimum Gasteiger partial charge on any atom is -0.457 e. The highest BCUT2D eigenvalue weighted by molar-refractivity contribution is 5.62. The molecule has 0 amide bonds. The van der Waals surface area contributed by atoms with Gasteiger partial charge in [-0.1, -0.05) is 30.3 Å². The minimum absolute atomic E-state index is 0.696. The molecule has 2 aromatic carbocycles. The third-order valence-electron chi connectivity index (χ3n) is 3.57. The summed E-state index contributed by atoms with van der Waals surface area (Å²) in [5.41, 5.74) is 2.70. The number of fused-ring (bicyclic) bond motifs is 1. The highest BCUT2D eigenvalue weighted by Gasteiger charge is 2.11. The lowest BCUT2D eigenvalue weighted by atomic mass is 10.2. The van der Waals surface area contributed by atoms with Gasteiger partial charge < -0.3 is 4.74 Å². The molecule has 112 valence electrons. The molecule has 0 spiro atoms. The first kappa shape index (κ1) is 13.5. The monoisotopic (exact) mass is 302 g/mol. The molecule has 5 heteroatoms. The smallest absolute Gasteiger partial charge is 0.185 e. The number of aromatic nitrogens is 4. The SMILES string of the molecule is Cc1ccnn2c(-c3cccc(Oc4ccccc4)c3)nnc12. The standard InChI is InChI=1S/C18H14N4O/c1-13-10-11-19-22-17(13)20-21-18(22)14-6-5-9-16(12-14)23-15-7-3-2-4-8-15/h2-12H,1H3. The average Bonchev–Trinajstić information content (AvgIpc) is 3.02. The Kier molecular flexibility index (Phi) is 3.24. The summed E-state index contributed by atoms with van der Waals surface area (Å²) in [6.45, 7) is 1.99. The van der Waals surface area contributed by atoms with Gasteiger partial charge in [-0.3, -0.25) is 0 Å². The lowest BCUT2D eigenvalue weighted by Crippen LogP contribution is -1.95. The molecule has 2 aromatic heterocycles. The summed E-state index contributed by atoms with van der Waals surface area (Å²) >= 11 is 0. The lowest BCUT2D eigenvalue weighted by molar-refractivity contribution is 0.483.